The highest BCUT2D eigenvalue weighted by Crippen LogP contribution is 1.93. The predicted octanol–water partition coefficient (Wildman–Crippen LogP) is 1.26. The Morgan fingerprint density at radius 1 is 1.33 bits per heavy atom. The van der Waals surface area contributed by atoms with Gasteiger partial charge >= 0.3 is 0 Å². The van der Waals surface area contributed by atoms with E-state index in [1.54, 1.807) is 7.11 Å². The van der Waals surface area contributed by atoms with Gasteiger partial charge in [0, 0.05) is 26.6 Å². The van der Waals surface area contributed by atoms with Gasteiger partial charge in [-0.1, -0.05) is 6.92 Å². The van der Waals surface area contributed by atoms with Gasteiger partial charge in [0.15, 0.2) is 0 Å². The predicted molar refractivity (Wildman–Crippen MR) is 48.8 cm³/mol. The standard InChI is InChI=1S/C9H18N2O/c1-3-6-11(7-4-5-10)8-9-12-2/h3-4,6-9H2,1-2H3. The van der Waals surface area contributed by atoms with E-state index in [9.17, 15) is 0 Å². The Morgan fingerprint density at radius 3 is 2.58 bits per heavy atom. The molecule has 0 N–H and O–H groups in total. The molecule has 0 unspecified atom stereocenters. The van der Waals surface area contributed by atoms with Gasteiger partial charge < -0.3 is 9.64 Å². The van der Waals surface area contributed by atoms with Gasteiger partial charge in [0.25, 0.3) is 0 Å². The van der Waals surface area contributed by atoms with Crippen molar-refractivity contribution in [3.63, 3.8) is 0 Å². The lowest BCUT2D eigenvalue weighted by atomic mass is 10.3. The Bertz CT molecular complexity index is 131. The highest BCUT2D eigenvalue weighted by atomic mass is 16.5. The molecule has 0 radical (unpaired) electrons. The first-order valence-electron chi connectivity index (χ1n) is 4.43. The van der Waals surface area contributed by atoms with Crippen LogP contribution in [-0.4, -0.2) is 38.3 Å². The molecule has 0 heterocycles. The van der Waals surface area contributed by atoms with Gasteiger partial charge in [-0.15, -0.1) is 0 Å². The highest BCUT2D eigenvalue weighted by molar-refractivity contribution is 4.72. The summed E-state index contributed by atoms with van der Waals surface area (Å²) in [5.74, 6) is 0. The number of nitriles is 1. The van der Waals surface area contributed by atoms with Crippen LogP contribution in [-0.2, 0) is 4.74 Å². The van der Waals surface area contributed by atoms with E-state index in [1.165, 1.54) is 0 Å². The number of hydrogen-bond donors (Lipinski definition) is 0. The van der Waals surface area contributed by atoms with Crippen molar-refractivity contribution in [3.8, 4) is 6.07 Å². The van der Waals surface area contributed by atoms with Gasteiger partial charge in [-0.2, -0.15) is 5.26 Å². The molecule has 3 nitrogen and oxygen atoms in total. The molecule has 0 fully saturated rings. The quantitative estimate of drug-likeness (QED) is 0.577. The monoisotopic (exact) mass is 170 g/mol. The Balaban J connectivity index is 3.48. The summed E-state index contributed by atoms with van der Waals surface area (Å²) in [5.41, 5.74) is 0. The van der Waals surface area contributed by atoms with Crippen LogP contribution in [0.25, 0.3) is 0 Å². The number of methoxy groups -OCH3 is 1. The average Bonchev–Trinajstić information content (AvgIpc) is 2.10. The Morgan fingerprint density at radius 2 is 2.08 bits per heavy atom. The number of hydrogen-bond acceptors (Lipinski definition) is 3. The second-order valence-corrected chi connectivity index (χ2v) is 2.74. The largest absolute Gasteiger partial charge is 0.383 e. The molecule has 0 atom stereocenters. The highest BCUT2D eigenvalue weighted by Gasteiger charge is 2.01. The first-order valence-corrected chi connectivity index (χ1v) is 4.43. The van der Waals surface area contributed by atoms with Gasteiger partial charge in [-0.05, 0) is 13.0 Å². The van der Waals surface area contributed by atoms with Crippen molar-refractivity contribution in [1.82, 2.24) is 4.90 Å². The molecule has 0 saturated carbocycles. The maximum atomic E-state index is 8.40. The maximum absolute atomic E-state index is 8.40. The van der Waals surface area contributed by atoms with Crippen LogP contribution in [0.1, 0.15) is 19.8 Å². The summed E-state index contributed by atoms with van der Waals surface area (Å²) < 4.78 is 4.97. The molecule has 0 saturated heterocycles. The topological polar surface area (TPSA) is 36.3 Å². The van der Waals surface area contributed by atoms with Crippen LogP contribution in [0, 0.1) is 11.3 Å². The van der Waals surface area contributed by atoms with Crippen molar-refractivity contribution < 1.29 is 4.74 Å². The zero-order valence-corrected chi connectivity index (χ0v) is 8.05. The van der Waals surface area contributed by atoms with E-state index in [0.29, 0.717) is 6.42 Å². The lowest BCUT2D eigenvalue weighted by Crippen LogP contribution is -2.29. The van der Waals surface area contributed by atoms with Crippen LogP contribution in [0.4, 0.5) is 0 Å². The van der Waals surface area contributed by atoms with Gasteiger partial charge in [0.05, 0.1) is 12.7 Å². The molecule has 0 amide bonds. The molecule has 0 aliphatic rings. The van der Waals surface area contributed by atoms with Crippen LogP contribution in [0.2, 0.25) is 0 Å². The lowest BCUT2D eigenvalue weighted by molar-refractivity contribution is 0.149. The van der Waals surface area contributed by atoms with Crippen LogP contribution in [0.3, 0.4) is 0 Å². The fourth-order valence-corrected chi connectivity index (χ4v) is 1.08. The van der Waals surface area contributed by atoms with E-state index < -0.39 is 0 Å². The fraction of sp³-hybridized carbons (Fsp3) is 0.889. The molecular weight excluding hydrogens is 152 g/mol. The van der Waals surface area contributed by atoms with Crippen LogP contribution in [0.5, 0.6) is 0 Å². The molecule has 0 rings (SSSR count). The Labute approximate surface area is 74.9 Å². The van der Waals surface area contributed by atoms with E-state index in [2.05, 4.69) is 17.9 Å². The van der Waals surface area contributed by atoms with Crippen molar-refractivity contribution in [1.29, 1.82) is 5.26 Å². The third-order valence-corrected chi connectivity index (χ3v) is 1.69. The van der Waals surface area contributed by atoms with Gasteiger partial charge in [-0.25, -0.2) is 0 Å². The summed E-state index contributed by atoms with van der Waals surface area (Å²) in [6.45, 7) is 5.77. The molecular formula is C9H18N2O. The van der Waals surface area contributed by atoms with Gasteiger partial charge in [0.1, 0.15) is 0 Å². The van der Waals surface area contributed by atoms with Gasteiger partial charge in [-0.3, -0.25) is 0 Å². The van der Waals surface area contributed by atoms with Crippen molar-refractivity contribution >= 4 is 0 Å². The second kappa shape index (κ2) is 8.51. The van der Waals surface area contributed by atoms with Crippen molar-refractivity contribution in [2.75, 3.05) is 33.4 Å². The van der Waals surface area contributed by atoms with E-state index in [-0.39, 0.29) is 0 Å². The minimum atomic E-state index is 0.615. The number of rotatable bonds is 7. The van der Waals surface area contributed by atoms with E-state index >= 15 is 0 Å². The SMILES string of the molecule is CCCN(CCC#N)CCOC. The normalized spacial score (nSPS) is 10.2. The van der Waals surface area contributed by atoms with Crippen molar-refractivity contribution in [2.45, 2.75) is 19.8 Å². The van der Waals surface area contributed by atoms with E-state index in [0.717, 1.165) is 32.7 Å². The molecule has 0 bridgehead atoms. The van der Waals surface area contributed by atoms with Crippen LogP contribution < -0.4 is 0 Å². The molecule has 0 aliphatic heterocycles. The molecule has 0 aromatic carbocycles. The van der Waals surface area contributed by atoms with Crippen molar-refractivity contribution in [2.24, 2.45) is 0 Å². The molecule has 3 heteroatoms. The minimum absolute atomic E-state index is 0.615. The zero-order chi connectivity index (χ0) is 9.23. The average molecular weight is 170 g/mol. The maximum Gasteiger partial charge on any atom is 0.0635 e. The smallest absolute Gasteiger partial charge is 0.0635 e. The third-order valence-electron chi connectivity index (χ3n) is 1.69. The summed E-state index contributed by atoms with van der Waals surface area (Å²) in [6, 6.07) is 2.15. The molecule has 12 heavy (non-hydrogen) atoms. The van der Waals surface area contributed by atoms with E-state index in [4.69, 9.17) is 10.00 Å². The number of nitrogens with zero attached hydrogens (tertiary/aromatic N) is 2. The van der Waals surface area contributed by atoms with Crippen LogP contribution in [0.15, 0.2) is 0 Å². The summed E-state index contributed by atoms with van der Waals surface area (Å²) in [4.78, 5) is 2.26. The Kier molecular flexibility index (Phi) is 8.09. The summed E-state index contributed by atoms with van der Waals surface area (Å²) in [7, 11) is 1.70. The second-order valence-electron chi connectivity index (χ2n) is 2.74. The molecule has 0 spiro atoms. The molecule has 0 aromatic rings. The molecule has 0 aliphatic carbocycles. The minimum Gasteiger partial charge on any atom is -0.383 e. The lowest BCUT2D eigenvalue weighted by Gasteiger charge is -2.19. The van der Waals surface area contributed by atoms with E-state index in [1.807, 2.05) is 0 Å². The third kappa shape index (κ3) is 6.14. The summed E-state index contributed by atoms with van der Waals surface area (Å²) in [5, 5.41) is 8.40. The summed E-state index contributed by atoms with van der Waals surface area (Å²) in [6.07, 6.45) is 1.75. The molecule has 70 valence electrons. The van der Waals surface area contributed by atoms with Gasteiger partial charge in [0.2, 0.25) is 0 Å². The molecule has 0 aromatic heterocycles. The number of ether oxygens (including phenoxy) is 1. The summed E-state index contributed by atoms with van der Waals surface area (Å²) >= 11 is 0. The fourth-order valence-electron chi connectivity index (χ4n) is 1.08. The first kappa shape index (κ1) is 11.4. The zero-order valence-electron chi connectivity index (χ0n) is 8.05. The van der Waals surface area contributed by atoms with Crippen LogP contribution >= 0.6 is 0 Å². The first-order chi connectivity index (χ1) is 5.85. The van der Waals surface area contributed by atoms with Crippen molar-refractivity contribution in [3.05, 3.63) is 0 Å². The Hall–Kier alpha value is -0.590.